The minimum absolute atomic E-state index is 0.263. The number of para-hydroxylation sites is 5. The minimum atomic E-state index is -0.263. The van der Waals surface area contributed by atoms with Crippen molar-refractivity contribution in [2.45, 2.75) is 18.9 Å². The van der Waals surface area contributed by atoms with Crippen LogP contribution in [0.25, 0.3) is 99.6 Å². The maximum atomic E-state index is 5.35. The molecule has 1 atom stereocenters. The van der Waals surface area contributed by atoms with E-state index in [1.807, 2.05) is 12.4 Å². The molecule has 0 amide bonds. The third kappa shape index (κ3) is 4.58. The first-order valence-corrected chi connectivity index (χ1v) is 21.5. The van der Waals surface area contributed by atoms with Crippen molar-refractivity contribution in [1.29, 1.82) is 0 Å². The summed E-state index contributed by atoms with van der Waals surface area (Å²) < 4.78 is 6.87. The monoisotopic (exact) mass is 808 g/mol. The normalized spacial score (nSPS) is 16.0. The summed E-state index contributed by atoms with van der Waals surface area (Å²) in [7, 11) is 0. The fourth-order valence-electron chi connectivity index (χ4n) is 10.9. The Morgan fingerprint density at radius 2 is 1.06 bits per heavy atom. The van der Waals surface area contributed by atoms with E-state index in [0.29, 0.717) is 22.9 Å². The van der Waals surface area contributed by atoms with Crippen LogP contribution in [0.3, 0.4) is 0 Å². The van der Waals surface area contributed by atoms with Gasteiger partial charge < -0.3 is 9.47 Å². The fourth-order valence-corrected chi connectivity index (χ4v) is 10.9. The highest BCUT2D eigenvalue weighted by Gasteiger charge is 2.46. The lowest BCUT2D eigenvalue weighted by Crippen LogP contribution is -2.40. The number of rotatable bonds is 4. The molecule has 1 unspecified atom stereocenters. The Balaban J connectivity index is 1.01. The molecule has 7 aromatic carbocycles. The molecule has 0 saturated carbocycles. The van der Waals surface area contributed by atoms with Crippen LogP contribution in [0.5, 0.6) is 0 Å². The first-order chi connectivity index (χ1) is 31.2. The van der Waals surface area contributed by atoms with Gasteiger partial charge in [-0.3, -0.25) is 9.13 Å². The third-order valence-electron chi connectivity index (χ3n) is 13.5. The number of anilines is 2. The molecule has 0 bridgehead atoms. The van der Waals surface area contributed by atoms with Gasteiger partial charge >= 0.3 is 0 Å². The van der Waals surface area contributed by atoms with E-state index in [9.17, 15) is 0 Å². The molecule has 296 valence electrons. The van der Waals surface area contributed by atoms with E-state index in [-0.39, 0.29) is 5.54 Å². The first kappa shape index (κ1) is 34.4. The van der Waals surface area contributed by atoms with E-state index in [2.05, 4.69) is 201 Å². The molecule has 6 heterocycles. The average molecular weight is 809 g/mol. The zero-order valence-corrected chi connectivity index (χ0v) is 34.2. The second-order valence-electron chi connectivity index (χ2n) is 16.9. The molecule has 14 rings (SSSR count). The summed E-state index contributed by atoms with van der Waals surface area (Å²) in [6, 6.07) is 56.2. The van der Waals surface area contributed by atoms with Crippen LogP contribution in [-0.4, -0.2) is 39.2 Å². The van der Waals surface area contributed by atoms with Gasteiger partial charge in [0.1, 0.15) is 5.52 Å². The van der Waals surface area contributed by atoms with Crippen LogP contribution in [0.15, 0.2) is 188 Å². The molecule has 0 saturated heterocycles. The summed E-state index contributed by atoms with van der Waals surface area (Å²) >= 11 is 0. The molecule has 5 aromatic heterocycles. The van der Waals surface area contributed by atoms with E-state index in [1.54, 1.807) is 0 Å². The Morgan fingerprint density at radius 3 is 1.76 bits per heavy atom. The molecule has 12 aromatic rings. The maximum absolute atomic E-state index is 5.35. The topological polar surface area (TPSA) is 69.6 Å². The van der Waals surface area contributed by atoms with Gasteiger partial charge in [-0.2, -0.15) is 4.98 Å². The largest absolute Gasteiger partial charge is 0.329 e. The van der Waals surface area contributed by atoms with Crippen molar-refractivity contribution in [2.24, 2.45) is 0 Å². The van der Waals surface area contributed by atoms with Gasteiger partial charge in [-0.1, -0.05) is 133 Å². The standard InChI is InChI=1S/C55H36N8/c1-55-31-15-14-23-43(55)42-30-29-41-37-21-9-12-25-46(37)61(51(41)52(42)63(55)35-18-6-3-7-19-35)48-33-56-53-44(58-48)32-57-54(59-53)62-47-26-13-10-22-38(47)40-28-27-39-36-20-8-11-24-45(36)60(49(39)50(40)62)34-16-4-2-5-17-34/h2-30,32-33H,31H2,1H3. The minimum Gasteiger partial charge on any atom is -0.329 e. The summed E-state index contributed by atoms with van der Waals surface area (Å²) in [5.41, 5.74) is 13.3. The van der Waals surface area contributed by atoms with Crippen LogP contribution in [-0.2, 0) is 0 Å². The van der Waals surface area contributed by atoms with Gasteiger partial charge in [-0.25, -0.2) is 15.0 Å². The van der Waals surface area contributed by atoms with Crippen molar-refractivity contribution in [3.05, 3.63) is 194 Å². The lowest BCUT2D eigenvalue weighted by Gasteiger charge is -2.39. The summed E-state index contributed by atoms with van der Waals surface area (Å²) in [6.07, 6.45) is 11.4. The van der Waals surface area contributed by atoms with Crippen LogP contribution >= 0.6 is 0 Å². The molecule has 8 heteroatoms. The number of fused-ring (bicyclic) bond motifs is 15. The number of aromatic nitrogens is 7. The van der Waals surface area contributed by atoms with Gasteiger partial charge in [-0.05, 0) is 61.4 Å². The molecule has 0 spiro atoms. The highest BCUT2D eigenvalue weighted by Crippen LogP contribution is 2.57. The second-order valence-corrected chi connectivity index (χ2v) is 16.9. The lowest BCUT2D eigenvalue weighted by atomic mass is 9.83. The fraction of sp³-hybridized carbons (Fsp3) is 0.0545. The molecule has 1 aliphatic heterocycles. The molecule has 0 radical (unpaired) electrons. The highest BCUT2D eigenvalue weighted by molar-refractivity contribution is 6.24. The van der Waals surface area contributed by atoms with Gasteiger partial charge in [0, 0.05) is 49.3 Å². The molecule has 1 aliphatic carbocycles. The molecule has 0 fully saturated rings. The highest BCUT2D eigenvalue weighted by atomic mass is 15.3. The summed E-state index contributed by atoms with van der Waals surface area (Å²) in [4.78, 5) is 23.4. The van der Waals surface area contributed by atoms with E-state index >= 15 is 0 Å². The number of benzene rings is 7. The lowest BCUT2D eigenvalue weighted by molar-refractivity contribution is 0.607. The SMILES string of the molecule is CC12CC=CC=C1c1ccc3c4ccccc4n(-c4cnc5nc(-n6c7ccccc7c7ccc8c9ccccc9n(-c9ccccc9)c8c76)ncc5n4)c3c1N2c1ccccc1. The second kappa shape index (κ2) is 12.6. The van der Waals surface area contributed by atoms with Gasteiger partial charge in [0.05, 0.1) is 56.7 Å². The smallest absolute Gasteiger partial charge is 0.236 e. The zero-order chi connectivity index (χ0) is 41.4. The van der Waals surface area contributed by atoms with Gasteiger partial charge in [0.15, 0.2) is 11.5 Å². The maximum Gasteiger partial charge on any atom is 0.236 e. The summed E-state index contributed by atoms with van der Waals surface area (Å²) in [5, 5.41) is 6.95. The third-order valence-corrected chi connectivity index (χ3v) is 13.5. The Morgan fingerprint density at radius 1 is 0.492 bits per heavy atom. The van der Waals surface area contributed by atoms with Gasteiger partial charge in [-0.15, -0.1) is 0 Å². The zero-order valence-electron chi connectivity index (χ0n) is 34.2. The van der Waals surface area contributed by atoms with Gasteiger partial charge in [0.25, 0.3) is 0 Å². The molecular formula is C55H36N8. The Labute approximate surface area is 360 Å². The van der Waals surface area contributed by atoms with Crippen molar-refractivity contribution in [3.63, 3.8) is 0 Å². The summed E-state index contributed by atoms with van der Waals surface area (Å²) in [5.74, 6) is 1.25. The Bertz CT molecular complexity index is 3970. The molecule has 2 aliphatic rings. The van der Waals surface area contributed by atoms with Crippen LogP contribution < -0.4 is 4.90 Å². The van der Waals surface area contributed by atoms with Crippen LogP contribution in [0.4, 0.5) is 11.4 Å². The number of allylic oxidation sites excluding steroid dienone is 2. The number of hydrogen-bond acceptors (Lipinski definition) is 5. The molecule has 0 N–H and O–H groups in total. The predicted octanol–water partition coefficient (Wildman–Crippen LogP) is 13.0. The Hall–Kier alpha value is -8.36. The van der Waals surface area contributed by atoms with Gasteiger partial charge in [0.2, 0.25) is 5.95 Å². The average Bonchev–Trinajstić information content (AvgIpc) is 4.05. The van der Waals surface area contributed by atoms with Crippen molar-refractivity contribution in [3.8, 4) is 17.5 Å². The van der Waals surface area contributed by atoms with Crippen molar-refractivity contribution < 1.29 is 0 Å². The molecule has 63 heavy (non-hydrogen) atoms. The van der Waals surface area contributed by atoms with Crippen molar-refractivity contribution >= 4 is 93.5 Å². The quantitative estimate of drug-likeness (QED) is 0.177. The van der Waals surface area contributed by atoms with Crippen LogP contribution in [0.1, 0.15) is 18.9 Å². The number of nitrogens with zero attached hydrogens (tertiary/aromatic N) is 8. The number of hydrogen-bond donors (Lipinski definition) is 0. The predicted molar refractivity (Wildman–Crippen MR) is 257 cm³/mol. The van der Waals surface area contributed by atoms with Crippen molar-refractivity contribution in [1.82, 2.24) is 33.6 Å². The molecular weight excluding hydrogens is 773 g/mol. The summed E-state index contributed by atoms with van der Waals surface area (Å²) in [6.45, 7) is 2.36. The van der Waals surface area contributed by atoms with Crippen LogP contribution in [0, 0.1) is 0 Å². The van der Waals surface area contributed by atoms with E-state index in [1.165, 1.54) is 33.0 Å². The van der Waals surface area contributed by atoms with E-state index < -0.39 is 0 Å². The Kier molecular flexibility index (Phi) is 6.87. The van der Waals surface area contributed by atoms with E-state index in [0.717, 1.165) is 67.1 Å². The van der Waals surface area contributed by atoms with Crippen LogP contribution in [0.2, 0.25) is 0 Å². The first-order valence-electron chi connectivity index (χ1n) is 21.5. The van der Waals surface area contributed by atoms with Crippen molar-refractivity contribution in [2.75, 3.05) is 4.90 Å². The van der Waals surface area contributed by atoms with E-state index in [4.69, 9.17) is 19.9 Å². The molecule has 8 nitrogen and oxygen atoms in total.